The fraction of sp³-hybridized carbons (Fsp3) is 0.357. The van der Waals surface area contributed by atoms with Gasteiger partial charge in [0, 0.05) is 18.4 Å². The van der Waals surface area contributed by atoms with Crippen molar-refractivity contribution in [3.63, 3.8) is 0 Å². The van der Waals surface area contributed by atoms with E-state index < -0.39 is 10.0 Å². The topological polar surface area (TPSA) is 90.0 Å². The molecule has 0 amide bonds. The standard InChI is InChI=1S/C14H20N4O2S/c1-12(11-18-10-2-9-16-18)17-21(19,20)14-5-3-13(4-6-14)7-8-15/h2-6,9-10,12,17H,7-8,11,15H2,1H3. The predicted molar refractivity (Wildman–Crippen MR) is 81.2 cm³/mol. The minimum Gasteiger partial charge on any atom is -0.330 e. The molecule has 0 fully saturated rings. The number of nitrogens with zero attached hydrogens (tertiary/aromatic N) is 2. The highest BCUT2D eigenvalue weighted by Gasteiger charge is 2.17. The lowest BCUT2D eigenvalue weighted by Gasteiger charge is -2.14. The van der Waals surface area contributed by atoms with Gasteiger partial charge in [-0.05, 0) is 43.7 Å². The number of rotatable bonds is 7. The Bertz CT molecular complexity index is 651. The van der Waals surface area contributed by atoms with Gasteiger partial charge in [-0.3, -0.25) is 4.68 Å². The Labute approximate surface area is 125 Å². The molecule has 114 valence electrons. The highest BCUT2D eigenvalue weighted by molar-refractivity contribution is 7.89. The van der Waals surface area contributed by atoms with Gasteiger partial charge < -0.3 is 5.73 Å². The van der Waals surface area contributed by atoms with Gasteiger partial charge in [0.05, 0.1) is 11.4 Å². The maximum absolute atomic E-state index is 12.3. The van der Waals surface area contributed by atoms with Crippen LogP contribution in [0.4, 0.5) is 0 Å². The summed E-state index contributed by atoms with van der Waals surface area (Å²) in [5, 5.41) is 4.06. The molecule has 0 spiro atoms. The van der Waals surface area contributed by atoms with Crippen LogP contribution in [0.2, 0.25) is 0 Å². The monoisotopic (exact) mass is 308 g/mol. The zero-order chi connectivity index (χ0) is 15.3. The van der Waals surface area contributed by atoms with Crippen molar-refractivity contribution in [1.29, 1.82) is 0 Å². The molecule has 1 unspecified atom stereocenters. The van der Waals surface area contributed by atoms with E-state index in [4.69, 9.17) is 5.73 Å². The number of hydrogen-bond donors (Lipinski definition) is 2. The normalized spacial score (nSPS) is 13.2. The smallest absolute Gasteiger partial charge is 0.240 e. The Balaban J connectivity index is 2.03. The van der Waals surface area contributed by atoms with E-state index in [2.05, 4.69) is 9.82 Å². The van der Waals surface area contributed by atoms with E-state index in [1.54, 1.807) is 47.4 Å². The summed E-state index contributed by atoms with van der Waals surface area (Å²) >= 11 is 0. The van der Waals surface area contributed by atoms with Crippen LogP contribution in [0.3, 0.4) is 0 Å². The molecular formula is C14H20N4O2S. The van der Waals surface area contributed by atoms with Gasteiger partial charge in [0.2, 0.25) is 10.0 Å². The van der Waals surface area contributed by atoms with Crippen molar-refractivity contribution in [2.45, 2.75) is 30.8 Å². The molecule has 2 rings (SSSR count). The van der Waals surface area contributed by atoms with Crippen molar-refractivity contribution in [2.75, 3.05) is 6.54 Å². The molecule has 2 aromatic rings. The zero-order valence-corrected chi connectivity index (χ0v) is 12.8. The van der Waals surface area contributed by atoms with Gasteiger partial charge in [-0.2, -0.15) is 5.10 Å². The molecule has 1 aromatic heterocycles. The molecule has 0 aliphatic carbocycles. The highest BCUT2D eigenvalue weighted by atomic mass is 32.2. The highest BCUT2D eigenvalue weighted by Crippen LogP contribution is 2.11. The van der Waals surface area contributed by atoms with Crippen LogP contribution in [0.15, 0.2) is 47.6 Å². The van der Waals surface area contributed by atoms with Gasteiger partial charge >= 0.3 is 0 Å². The number of nitrogens with two attached hydrogens (primary N) is 1. The summed E-state index contributed by atoms with van der Waals surface area (Å²) in [4.78, 5) is 0.260. The maximum Gasteiger partial charge on any atom is 0.240 e. The minimum absolute atomic E-state index is 0.251. The second-order valence-electron chi connectivity index (χ2n) is 4.93. The number of aromatic nitrogens is 2. The molecule has 3 N–H and O–H groups in total. The average molecular weight is 308 g/mol. The van der Waals surface area contributed by atoms with E-state index in [9.17, 15) is 8.42 Å². The van der Waals surface area contributed by atoms with Crippen molar-refractivity contribution in [1.82, 2.24) is 14.5 Å². The van der Waals surface area contributed by atoms with Crippen LogP contribution in [0.25, 0.3) is 0 Å². The summed E-state index contributed by atoms with van der Waals surface area (Å²) in [5.74, 6) is 0. The second-order valence-corrected chi connectivity index (χ2v) is 6.65. The summed E-state index contributed by atoms with van der Waals surface area (Å²) in [6.45, 7) is 2.84. The lowest BCUT2D eigenvalue weighted by atomic mass is 10.2. The molecule has 0 bridgehead atoms. The lowest BCUT2D eigenvalue weighted by Crippen LogP contribution is -2.35. The predicted octanol–water partition coefficient (Wildman–Crippen LogP) is 0.751. The largest absolute Gasteiger partial charge is 0.330 e. The third-order valence-corrected chi connectivity index (χ3v) is 4.65. The van der Waals surface area contributed by atoms with Gasteiger partial charge in [-0.1, -0.05) is 12.1 Å². The minimum atomic E-state index is -3.52. The fourth-order valence-corrected chi connectivity index (χ4v) is 3.30. The van der Waals surface area contributed by atoms with E-state index >= 15 is 0 Å². The first kappa shape index (κ1) is 15.7. The summed E-state index contributed by atoms with van der Waals surface area (Å²) in [6, 6.07) is 8.34. The molecule has 1 aromatic carbocycles. The van der Waals surface area contributed by atoms with Crippen LogP contribution >= 0.6 is 0 Å². The van der Waals surface area contributed by atoms with Gasteiger partial charge in [0.25, 0.3) is 0 Å². The number of hydrogen-bond acceptors (Lipinski definition) is 4. The number of benzene rings is 1. The molecule has 0 aliphatic rings. The second kappa shape index (κ2) is 6.84. The molecule has 21 heavy (non-hydrogen) atoms. The first-order valence-corrected chi connectivity index (χ1v) is 8.28. The van der Waals surface area contributed by atoms with Crippen LogP contribution in [-0.2, 0) is 23.0 Å². The summed E-state index contributed by atoms with van der Waals surface area (Å²) in [6.07, 6.45) is 4.20. The van der Waals surface area contributed by atoms with Crippen LogP contribution in [0.1, 0.15) is 12.5 Å². The van der Waals surface area contributed by atoms with Gasteiger partial charge in [-0.25, -0.2) is 13.1 Å². The summed E-state index contributed by atoms with van der Waals surface area (Å²) in [7, 11) is -3.52. The Morgan fingerprint density at radius 3 is 2.62 bits per heavy atom. The number of sulfonamides is 1. The van der Waals surface area contributed by atoms with E-state index in [1.165, 1.54) is 0 Å². The quantitative estimate of drug-likeness (QED) is 0.790. The van der Waals surface area contributed by atoms with E-state index in [0.717, 1.165) is 12.0 Å². The van der Waals surface area contributed by atoms with Crippen LogP contribution < -0.4 is 10.5 Å². The average Bonchev–Trinajstić information content (AvgIpc) is 2.92. The molecule has 0 radical (unpaired) electrons. The number of nitrogens with one attached hydrogen (secondary N) is 1. The fourth-order valence-electron chi connectivity index (χ4n) is 2.06. The van der Waals surface area contributed by atoms with Crippen molar-refractivity contribution >= 4 is 10.0 Å². The first-order valence-electron chi connectivity index (χ1n) is 6.80. The molecule has 1 atom stereocenters. The van der Waals surface area contributed by atoms with Crippen molar-refractivity contribution < 1.29 is 8.42 Å². The molecule has 7 heteroatoms. The third-order valence-electron chi connectivity index (χ3n) is 3.04. The molecule has 6 nitrogen and oxygen atoms in total. The van der Waals surface area contributed by atoms with Gasteiger partial charge in [0.1, 0.15) is 0 Å². The Kier molecular flexibility index (Phi) is 5.11. The van der Waals surface area contributed by atoms with E-state index in [1.807, 2.05) is 6.92 Å². The van der Waals surface area contributed by atoms with Crippen LogP contribution in [0.5, 0.6) is 0 Å². The summed E-state index contributed by atoms with van der Waals surface area (Å²) < 4.78 is 28.9. The van der Waals surface area contributed by atoms with Crippen molar-refractivity contribution in [3.8, 4) is 0 Å². The van der Waals surface area contributed by atoms with E-state index in [-0.39, 0.29) is 10.9 Å². The van der Waals surface area contributed by atoms with Crippen LogP contribution in [0, 0.1) is 0 Å². The van der Waals surface area contributed by atoms with Gasteiger partial charge in [-0.15, -0.1) is 0 Å². The molecule has 0 saturated heterocycles. The zero-order valence-electron chi connectivity index (χ0n) is 11.9. The van der Waals surface area contributed by atoms with Crippen molar-refractivity contribution in [3.05, 3.63) is 48.3 Å². The summed E-state index contributed by atoms with van der Waals surface area (Å²) in [5.41, 5.74) is 6.50. The first-order chi connectivity index (χ1) is 10.0. The molecular weight excluding hydrogens is 288 g/mol. The Hall–Kier alpha value is -1.70. The van der Waals surface area contributed by atoms with Crippen molar-refractivity contribution in [2.24, 2.45) is 5.73 Å². The molecule has 0 aliphatic heterocycles. The van der Waals surface area contributed by atoms with Gasteiger partial charge in [0.15, 0.2) is 0 Å². The third kappa shape index (κ3) is 4.38. The SMILES string of the molecule is CC(Cn1cccn1)NS(=O)(=O)c1ccc(CCN)cc1. The Morgan fingerprint density at radius 2 is 2.05 bits per heavy atom. The lowest BCUT2D eigenvalue weighted by molar-refractivity contribution is 0.494. The van der Waals surface area contributed by atoms with Crippen LogP contribution in [-0.4, -0.2) is 30.8 Å². The Morgan fingerprint density at radius 1 is 1.33 bits per heavy atom. The molecule has 1 heterocycles. The molecule has 0 saturated carbocycles. The maximum atomic E-state index is 12.3. The van der Waals surface area contributed by atoms with E-state index in [0.29, 0.717) is 13.1 Å².